The molecular formula is C16H23F3N4O5S. The number of piperazine rings is 1. The third kappa shape index (κ3) is 5.27. The molecule has 0 aromatic carbocycles. The van der Waals surface area contributed by atoms with Gasteiger partial charge in [-0.25, -0.2) is 18.2 Å². The maximum absolute atomic E-state index is 12.8. The van der Waals surface area contributed by atoms with Gasteiger partial charge in [-0.3, -0.25) is 4.90 Å². The smallest absolute Gasteiger partial charge is 0.475 e. The van der Waals surface area contributed by atoms with E-state index in [1.807, 2.05) is 0 Å². The standard InChI is InChI=1S/C14H22N4O3S.C2HF3O2/c1-16-7-14(15-10-16)22(19,20)17-5-12-8-21-9-13(6-17)18(12)4-11-2-3-11;3-2(4,5)1(6)7/h7,10-13H,2-6,8-9H2,1H3;(H,6,7). The van der Waals surface area contributed by atoms with Crippen molar-refractivity contribution in [3.8, 4) is 0 Å². The molecule has 3 fully saturated rings. The molecule has 4 rings (SSSR count). The quantitative estimate of drug-likeness (QED) is 0.729. The van der Waals surface area contributed by atoms with Gasteiger partial charge in [0.05, 0.1) is 19.5 Å². The highest BCUT2D eigenvalue weighted by Crippen LogP contribution is 2.34. The van der Waals surface area contributed by atoms with E-state index in [2.05, 4.69) is 9.88 Å². The van der Waals surface area contributed by atoms with E-state index in [-0.39, 0.29) is 17.1 Å². The van der Waals surface area contributed by atoms with E-state index < -0.39 is 22.2 Å². The Kier molecular flexibility index (Phi) is 6.22. The SMILES string of the molecule is Cn1cnc(S(=O)(=O)N2CC3COCC(C2)N3CC2CC2)c1.O=C(O)C(F)(F)F. The number of aliphatic carboxylic acids is 1. The second-order valence-electron chi connectivity index (χ2n) is 7.49. The van der Waals surface area contributed by atoms with E-state index in [4.69, 9.17) is 14.6 Å². The molecule has 2 aliphatic heterocycles. The lowest BCUT2D eigenvalue weighted by atomic mass is 10.1. The van der Waals surface area contributed by atoms with Crippen molar-refractivity contribution >= 4 is 16.0 Å². The maximum atomic E-state index is 12.8. The van der Waals surface area contributed by atoms with E-state index in [1.54, 1.807) is 22.1 Å². The van der Waals surface area contributed by atoms with Crippen molar-refractivity contribution in [1.29, 1.82) is 0 Å². The van der Waals surface area contributed by atoms with Crippen LogP contribution in [0.3, 0.4) is 0 Å². The predicted molar refractivity (Wildman–Crippen MR) is 93.5 cm³/mol. The molecule has 3 heterocycles. The van der Waals surface area contributed by atoms with E-state index in [9.17, 15) is 21.6 Å². The number of carbonyl (C=O) groups is 1. The van der Waals surface area contributed by atoms with Gasteiger partial charge in [-0.05, 0) is 18.8 Å². The van der Waals surface area contributed by atoms with Crippen LogP contribution in [-0.4, -0.2) is 89.4 Å². The summed E-state index contributed by atoms with van der Waals surface area (Å²) >= 11 is 0. The Balaban J connectivity index is 0.000000298. The third-order valence-electron chi connectivity index (χ3n) is 5.08. The van der Waals surface area contributed by atoms with E-state index in [1.165, 1.54) is 19.2 Å². The number of rotatable bonds is 4. The fourth-order valence-electron chi connectivity index (χ4n) is 3.44. The first-order valence-corrected chi connectivity index (χ1v) is 10.5. The van der Waals surface area contributed by atoms with Crippen LogP contribution in [0.1, 0.15) is 12.8 Å². The number of fused-ring (bicyclic) bond motifs is 2. The molecule has 0 amide bonds. The van der Waals surface area contributed by atoms with Crippen molar-refractivity contribution < 1.29 is 36.2 Å². The lowest BCUT2D eigenvalue weighted by Crippen LogP contribution is -2.65. The van der Waals surface area contributed by atoms with Gasteiger partial charge in [0, 0.05) is 45.0 Å². The van der Waals surface area contributed by atoms with Crippen LogP contribution < -0.4 is 0 Å². The summed E-state index contributed by atoms with van der Waals surface area (Å²) in [6.45, 7) is 3.34. The lowest BCUT2D eigenvalue weighted by Gasteiger charge is -2.49. The number of ether oxygens (including phenoxy) is 1. The largest absolute Gasteiger partial charge is 0.490 e. The number of imidazole rings is 1. The van der Waals surface area contributed by atoms with E-state index >= 15 is 0 Å². The first-order chi connectivity index (χ1) is 13.5. The predicted octanol–water partition coefficient (Wildman–Crippen LogP) is 0.537. The number of aryl methyl sites for hydroxylation is 1. The van der Waals surface area contributed by atoms with Gasteiger partial charge in [-0.1, -0.05) is 0 Å². The molecule has 1 saturated carbocycles. The number of aromatic nitrogens is 2. The summed E-state index contributed by atoms with van der Waals surface area (Å²) in [7, 11) is -1.72. The third-order valence-corrected chi connectivity index (χ3v) is 6.80. The Morgan fingerprint density at radius 3 is 2.24 bits per heavy atom. The van der Waals surface area contributed by atoms with E-state index in [0.29, 0.717) is 26.3 Å². The zero-order valence-corrected chi connectivity index (χ0v) is 16.6. The zero-order valence-electron chi connectivity index (χ0n) is 15.7. The summed E-state index contributed by atoms with van der Waals surface area (Å²) in [5, 5.41) is 7.27. The summed E-state index contributed by atoms with van der Waals surface area (Å²) in [6.07, 6.45) is 0.637. The highest BCUT2D eigenvalue weighted by Gasteiger charge is 2.44. The molecule has 1 aromatic heterocycles. The molecule has 1 aromatic rings. The number of halogens is 3. The number of sulfonamides is 1. The van der Waals surface area contributed by atoms with Crippen LogP contribution in [0.25, 0.3) is 0 Å². The Morgan fingerprint density at radius 1 is 1.28 bits per heavy atom. The topological polar surface area (TPSA) is 105 Å². The molecule has 1 N–H and O–H groups in total. The monoisotopic (exact) mass is 440 g/mol. The molecule has 2 unspecified atom stereocenters. The van der Waals surface area contributed by atoms with Crippen LogP contribution in [0.5, 0.6) is 0 Å². The second kappa shape index (κ2) is 8.20. The molecule has 164 valence electrons. The van der Waals surface area contributed by atoms with Gasteiger partial charge in [0.2, 0.25) is 0 Å². The first-order valence-electron chi connectivity index (χ1n) is 9.10. The lowest BCUT2D eigenvalue weighted by molar-refractivity contribution is -0.192. The average molecular weight is 440 g/mol. The van der Waals surface area contributed by atoms with Crippen LogP contribution >= 0.6 is 0 Å². The minimum Gasteiger partial charge on any atom is -0.475 e. The van der Waals surface area contributed by atoms with Crippen LogP contribution in [0.15, 0.2) is 17.6 Å². The van der Waals surface area contributed by atoms with Crippen molar-refractivity contribution in [3.63, 3.8) is 0 Å². The van der Waals surface area contributed by atoms with Crippen LogP contribution in [-0.2, 0) is 26.6 Å². The van der Waals surface area contributed by atoms with Gasteiger partial charge in [0.15, 0.2) is 5.03 Å². The van der Waals surface area contributed by atoms with Crippen molar-refractivity contribution in [2.24, 2.45) is 13.0 Å². The Morgan fingerprint density at radius 2 is 1.83 bits per heavy atom. The van der Waals surface area contributed by atoms with Gasteiger partial charge >= 0.3 is 12.1 Å². The minimum absolute atomic E-state index is 0.143. The molecule has 0 spiro atoms. The van der Waals surface area contributed by atoms with Gasteiger partial charge in [-0.15, -0.1) is 0 Å². The highest BCUT2D eigenvalue weighted by molar-refractivity contribution is 7.89. The first kappa shape index (κ1) is 22.0. The number of nitrogens with zero attached hydrogens (tertiary/aromatic N) is 4. The highest BCUT2D eigenvalue weighted by atomic mass is 32.2. The van der Waals surface area contributed by atoms with Crippen molar-refractivity contribution in [2.75, 3.05) is 32.8 Å². The molecule has 2 bridgehead atoms. The summed E-state index contributed by atoms with van der Waals surface area (Å²) in [5.74, 6) is -1.95. The molecule has 13 heteroatoms. The van der Waals surface area contributed by atoms with Gasteiger partial charge in [0.1, 0.15) is 0 Å². The number of hydrogen-bond donors (Lipinski definition) is 1. The fourth-order valence-corrected chi connectivity index (χ4v) is 4.92. The number of hydrogen-bond acceptors (Lipinski definition) is 6. The molecule has 2 atom stereocenters. The van der Waals surface area contributed by atoms with Crippen molar-refractivity contribution in [3.05, 3.63) is 12.5 Å². The fraction of sp³-hybridized carbons (Fsp3) is 0.750. The summed E-state index contributed by atoms with van der Waals surface area (Å²) in [4.78, 5) is 15.4. The maximum Gasteiger partial charge on any atom is 0.490 e. The number of carboxylic acid groups (broad SMARTS) is 1. The molecule has 29 heavy (non-hydrogen) atoms. The number of alkyl halides is 3. The second-order valence-corrected chi connectivity index (χ2v) is 9.37. The number of morpholine rings is 1. The molecule has 2 saturated heterocycles. The zero-order chi connectivity index (χ0) is 21.4. The molecule has 9 nitrogen and oxygen atoms in total. The Labute approximate surface area is 166 Å². The molecular weight excluding hydrogens is 417 g/mol. The van der Waals surface area contributed by atoms with Gasteiger partial charge in [-0.2, -0.15) is 17.5 Å². The van der Waals surface area contributed by atoms with Crippen LogP contribution in [0, 0.1) is 5.92 Å². The van der Waals surface area contributed by atoms with Gasteiger partial charge in [0.25, 0.3) is 10.0 Å². The Hall–Kier alpha value is -1.70. The summed E-state index contributed by atoms with van der Waals surface area (Å²) in [6, 6.07) is 0.346. The van der Waals surface area contributed by atoms with Crippen molar-refractivity contribution in [2.45, 2.75) is 36.1 Å². The van der Waals surface area contributed by atoms with Crippen LogP contribution in [0.2, 0.25) is 0 Å². The normalized spacial score (nSPS) is 25.9. The van der Waals surface area contributed by atoms with E-state index in [0.717, 1.165) is 12.5 Å². The summed E-state index contributed by atoms with van der Waals surface area (Å²) in [5.41, 5.74) is 0. The van der Waals surface area contributed by atoms with Gasteiger partial charge < -0.3 is 14.4 Å². The molecule has 3 aliphatic rings. The number of carboxylic acids is 1. The molecule has 0 radical (unpaired) electrons. The molecule has 1 aliphatic carbocycles. The van der Waals surface area contributed by atoms with Crippen molar-refractivity contribution in [1.82, 2.24) is 18.8 Å². The average Bonchev–Trinajstić information content (AvgIpc) is 3.31. The minimum atomic E-state index is -5.08. The summed E-state index contributed by atoms with van der Waals surface area (Å²) < 4.78 is 66.2. The Bertz CT molecular complexity index is 826. The van der Waals surface area contributed by atoms with Crippen LogP contribution in [0.4, 0.5) is 13.2 Å².